The van der Waals surface area contributed by atoms with E-state index < -0.39 is 5.82 Å². The van der Waals surface area contributed by atoms with Crippen LogP contribution in [0.15, 0.2) is 43.0 Å². The normalized spacial score (nSPS) is 10.6. The van der Waals surface area contributed by atoms with E-state index in [0.29, 0.717) is 23.0 Å². The van der Waals surface area contributed by atoms with E-state index in [1.165, 1.54) is 16.8 Å². The molecule has 0 aliphatic rings. The van der Waals surface area contributed by atoms with Gasteiger partial charge < -0.3 is 5.73 Å². The molecule has 0 aliphatic carbocycles. The quantitative estimate of drug-likeness (QED) is 0.750. The highest BCUT2D eigenvalue weighted by Gasteiger charge is 2.11. The van der Waals surface area contributed by atoms with E-state index in [2.05, 4.69) is 20.1 Å². The summed E-state index contributed by atoms with van der Waals surface area (Å²) in [4.78, 5) is 12.1. The Morgan fingerprint density at radius 2 is 1.89 bits per heavy atom. The molecule has 0 unspecified atom stereocenters. The highest BCUT2D eigenvalue weighted by Crippen LogP contribution is 2.22. The monoisotopic (exact) mass is 256 g/mol. The Kier molecular flexibility index (Phi) is 2.64. The molecule has 0 aromatic carbocycles. The number of pyridine rings is 1. The SMILES string of the molecule is Nc1cn(-c2ncccn2)nc1-c1ccc(F)cn1. The molecule has 2 N–H and O–H groups in total. The lowest BCUT2D eigenvalue weighted by Gasteiger charge is -1.97. The van der Waals surface area contributed by atoms with Crippen molar-refractivity contribution < 1.29 is 4.39 Å². The van der Waals surface area contributed by atoms with Gasteiger partial charge in [0.25, 0.3) is 5.95 Å². The summed E-state index contributed by atoms with van der Waals surface area (Å²) in [5.41, 5.74) is 7.26. The van der Waals surface area contributed by atoms with E-state index in [1.807, 2.05) is 0 Å². The van der Waals surface area contributed by atoms with E-state index >= 15 is 0 Å². The molecular weight excluding hydrogens is 247 g/mol. The third-order valence-corrected chi connectivity index (χ3v) is 2.47. The maximum Gasteiger partial charge on any atom is 0.250 e. The van der Waals surface area contributed by atoms with Gasteiger partial charge in [-0.25, -0.2) is 19.0 Å². The van der Waals surface area contributed by atoms with Gasteiger partial charge in [0.05, 0.1) is 23.8 Å². The van der Waals surface area contributed by atoms with E-state index in [-0.39, 0.29) is 0 Å². The molecule has 3 rings (SSSR count). The minimum absolute atomic E-state index is 0.405. The Balaban J connectivity index is 2.05. The summed E-state index contributed by atoms with van der Waals surface area (Å²) in [7, 11) is 0. The molecule has 0 saturated heterocycles. The molecule has 0 saturated carbocycles. The van der Waals surface area contributed by atoms with Crippen molar-refractivity contribution in [2.24, 2.45) is 0 Å². The molecule has 0 spiro atoms. The zero-order chi connectivity index (χ0) is 13.2. The van der Waals surface area contributed by atoms with Crippen molar-refractivity contribution in [1.29, 1.82) is 0 Å². The highest BCUT2D eigenvalue weighted by atomic mass is 19.1. The summed E-state index contributed by atoms with van der Waals surface area (Å²) in [5.74, 6) is -0.00397. The number of nitrogens with two attached hydrogens (primary N) is 1. The molecule has 0 aliphatic heterocycles. The van der Waals surface area contributed by atoms with Gasteiger partial charge in [0.1, 0.15) is 11.5 Å². The van der Waals surface area contributed by atoms with Crippen LogP contribution in [-0.4, -0.2) is 24.7 Å². The number of halogens is 1. The molecule has 94 valence electrons. The standard InChI is InChI=1S/C12H9FN6/c13-8-2-3-10(17-6-8)11-9(14)7-19(18-11)12-15-4-1-5-16-12/h1-7H,14H2. The summed E-state index contributed by atoms with van der Waals surface area (Å²) in [6.45, 7) is 0. The van der Waals surface area contributed by atoms with Crippen molar-refractivity contribution >= 4 is 5.69 Å². The van der Waals surface area contributed by atoms with Crippen LogP contribution in [0.3, 0.4) is 0 Å². The smallest absolute Gasteiger partial charge is 0.250 e. The lowest BCUT2D eigenvalue weighted by molar-refractivity contribution is 0.621. The van der Waals surface area contributed by atoms with E-state index in [0.717, 1.165) is 6.20 Å². The fourth-order valence-corrected chi connectivity index (χ4v) is 1.61. The van der Waals surface area contributed by atoms with Crippen LogP contribution in [0.2, 0.25) is 0 Å². The first-order chi connectivity index (χ1) is 9.24. The number of hydrogen-bond donors (Lipinski definition) is 1. The molecule has 0 bridgehead atoms. The largest absolute Gasteiger partial charge is 0.396 e. The number of anilines is 1. The van der Waals surface area contributed by atoms with Gasteiger partial charge in [-0.1, -0.05) is 0 Å². The summed E-state index contributed by atoms with van der Waals surface area (Å²) >= 11 is 0. The Hall–Kier alpha value is -2.83. The van der Waals surface area contributed by atoms with Crippen LogP contribution in [-0.2, 0) is 0 Å². The van der Waals surface area contributed by atoms with Crippen LogP contribution >= 0.6 is 0 Å². The Bertz CT molecular complexity index is 692. The third kappa shape index (κ3) is 2.13. The van der Waals surface area contributed by atoms with Gasteiger partial charge in [-0.2, -0.15) is 5.10 Å². The predicted octanol–water partition coefficient (Wildman–Crippen LogP) is 1.45. The van der Waals surface area contributed by atoms with Gasteiger partial charge >= 0.3 is 0 Å². The molecule has 0 fully saturated rings. The van der Waals surface area contributed by atoms with E-state index in [9.17, 15) is 4.39 Å². The van der Waals surface area contributed by atoms with Gasteiger partial charge in [0, 0.05) is 12.4 Å². The van der Waals surface area contributed by atoms with Crippen molar-refractivity contribution in [2.75, 3.05) is 5.73 Å². The highest BCUT2D eigenvalue weighted by molar-refractivity contribution is 5.69. The molecule has 3 aromatic heterocycles. The van der Waals surface area contributed by atoms with Gasteiger partial charge in [0.15, 0.2) is 0 Å². The number of rotatable bonds is 2. The van der Waals surface area contributed by atoms with Crippen molar-refractivity contribution in [3.05, 3.63) is 48.8 Å². The minimum atomic E-state index is -0.409. The zero-order valence-electron chi connectivity index (χ0n) is 9.73. The second kappa shape index (κ2) is 4.45. The first kappa shape index (κ1) is 11.3. The van der Waals surface area contributed by atoms with Crippen molar-refractivity contribution in [3.63, 3.8) is 0 Å². The van der Waals surface area contributed by atoms with Gasteiger partial charge in [-0.3, -0.25) is 4.98 Å². The van der Waals surface area contributed by atoms with Gasteiger partial charge in [0.2, 0.25) is 0 Å². The summed E-state index contributed by atoms with van der Waals surface area (Å²) < 4.78 is 14.3. The second-order valence-electron chi connectivity index (χ2n) is 3.79. The predicted molar refractivity (Wildman–Crippen MR) is 66.8 cm³/mol. The molecule has 0 amide bonds. The fraction of sp³-hybridized carbons (Fsp3) is 0. The third-order valence-electron chi connectivity index (χ3n) is 2.47. The number of nitrogens with zero attached hydrogens (tertiary/aromatic N) is 5. The topological polar surface area (TPSA) is 82.5 Å². The zero-order valence-corrected chi connectivity index (χ0v) is 9.73. The van der Waals surface area contributed by atoms with Gasteiger partial charge in [-0.15, -0.1) is 0 Å². The molecule has 6 nitrogen and oxygen atoms in total. The van der Waals surface area contributed by atoms with E-state index in [4.69, 9.17) is 5.73 Å². The van der Waals surface area contributed by atoms with Crippen molar-refractivity contribution in [2.45, 2.75) is 0 Å². The van der Waals surface area contributed by atoms with Crippen LogP contribution < -0.4 is 5.73 Å². The average Bonchev–Trinajstić information content (AvgIpc) is 2.83. The molecule has 3 aromatic rings. The summed E-state index contributed by atoms with van der Waals surface area (Å²) in [6, 6.07) is 4.53. The van der Waals surface area contributed by atoms with Crippen LogP contribution in [0, 0.1) is 5.82 Å². The maximum atomic E-state index is 12.8. The lowest BCUT2D eigenvalue weighted by Crippen LogP contribution is -2.00. The molecule has 3 heterocycles. The Morgan fingerprint density at radius 3 is 2.58 bits per heavy atom. The van der Waals surface area contributed by atoms with Crippen LogP contribution in [0.25, 0.3) is 17.3 Å². The molecular formula is C12H9FN6. The molecule has 0 atom stereocenters. The second-order valence-corrected chi connectivity index (χ2v) is 3.79. The van der Waals surface area contributed by atoms with E-state index in [1.54, 1.807) is 24.7 Å². The molecule has 0 radical (unpaired) electrons. The first-order valence-electron chi connectivity index (χ1n) is 5.48. The van der Waals surface area contributed by atoms with Crippen molar-refractivity contribution in [1.82, 2.24) is 24.7 Å². The minimum Gasteiger partial charge on any atom is -0.396 e. The average molecular weight is 256 g/mol. The Labute approximate surface area is 107 Å². The van der Waals surface area contributed by atoms with Crippen LogP contribution in [0.1, 0.15) is 0 Å². The fourth-order valence-electron chi connectivity index (χ4n) is 1.61. The van der Waals surface area contributed by atoms with Gasteiger partial charge in [-0.05, 0) is 18.2 Å². The summed E-state index contributed by atoms with van der Waals surface area (Å²) in [5, 5.41) is 4.26. The van der Waals surface area contributed by atoms with Crippen LogP contribution in [0.4, 0.5) is 10.1 Å². The number of aromatic nitrogens is 5. The number of hydrogen-bond acceptors (Lipinski definition) is 5. The Morgan fingerprint density at radius 1 is 1.11 bits per heavy atom. The first-order valence-corrected chi connectivity index (χ1v) is 5.48. The maximum absolute atomic E-state index is 12.8. The number of nitrogen functional groups attached to an aromatic ring is 1. The van der Waals surface area contributed by atoms with Crippen molar-refractivity contribution in [3.8, 4) is 17.3 Å². The molecule has 19 heavy (non-hydrogen) atoms. The molecule has 7 heteroatoms. The summed E-state index contributed by atoms with van der Waals surface area (Å²) in [6.07, 6.45) is 5.93. The van der Waals surface area contributed by atoms with Crippen LogP contribution in [0.5, 0.6) is 0 Å². The lowest BCUT2D eigenvalue weighted by atomic mass is 10.2.